The number of nitrogens with one attached hydrogen (secondary N) is 1. The number of methoxy groups -OCH3 is 1. The minimum absolute atomic E-state index is 0.0412. The summed E-state index contributed by atoms with van der Waals surface area (Å²) >= 11 is 0. The molecule has 1 N–H and O–H groups in total. The summed E-state index contributed by atoms with van der Waals surface area (Å²) in [6.45, 7) is 11.0. The Bertz CT molecular complexity index is 1210. The van der Waals surface area contributed by atoms with Gasteiger partial charge in [0.1, 0.15) is 11.6 Å². The fourth-order valence-electron chi connectivity index (χ4n) is 4.72. The first-order valence-corrected chi connectivity index (χ1v) is 13.0. The molecule has 2 aliphatic rings. The van der Waals surface area contributed by atoms with Gasteiger partial charge >= 0.3 is 0 Å². The number of ketones is 1. The molecule has 0 spiro atoms. The van der Waals surface area contributed by atoms with Crippen LogP contribution in [0.15, 0.2) is 30.3 Å². The van der Waals surface area contributed by atoms with E-state index in [1.165, 1.54) is 0 Å². The molecule has 2 aliphatic heterocycles. The van der Waals surface area contributed by atoms with Gasteiger partial charge in [0.15, 0.2) is 23.9 Å². The summed E-state index contributed by atoms with van der Waals surface area (Å²) in [6.07, 6.45) is 0. The predicted molar refractivity (Wildman–Crippen MR) is 144 cm³/mol. The lowest BCUT2D eigenvalue weighted by Gasteiger charge is -2.28. The van der Waals surface area contributed by atoms with Gasteiger partial charge in [-0.1, -0.05) is 20.8 Å². The first-order valence-electron chi connectivity index (χ1n) is 13.0. The molecule has 2 aromatic carbocycles. The van der Waals surface area contributed by atoms with Gasteiger partial charge in [-0.2, -0.15) is 0 Å². The highest BCUT2D eigenvalue weighted by molar-refractivity contribution is 6.05. The molecule has 0 saturated carbocycles. The zero-order valence-corrected chi connectivity index (χ0v) is 22.9. The molecule has 204 valence electrons. The molecule has 0 aromatic heterocycles. The molecule has 1 saturated heterocycles. The Morgan fingerprint density at radius 2 is 1.82 bits per heavy atom. The Kier molecular flexibility index (Phi) is 8.26. The molecule has 38 heavy (non-hydrogen) atoms. The zero-order chi connectivity index (χ0) is 27.4. The number of carbonyl (C=O) groups is 2. The maximum absolute atomic E-state index is 13.5. The fraction of sp³-hybridized carbons (Fsp3) is 0.483. The monoisotopic (exact) mass is 523 g/mol. The average Bonchev–Trinajstić information content (AvgIpc) is 3.20. The van der Waals surface area contributed by atoms with E-state index < -0.39 is 0 Å². The van der Waals surface area contributed by atoms with Gasteiger partial charge in [-0.25, -0.2) is 0 Å². The summed E-state index contributed by atoms with van der Waals surface area (Å²) in [4.78, 5) is 29.7. The standard InChI is InChI=1S/C29H37N3O6/c1-6-37-21-7-8-22-20(13-21)16-32(28(22)30)17-24(33)19-14-23(29(2,3)4)27(35-5)25(15-19)38-18-26(34)31-9-11-36-12-10-31/h7-8,13-15,30H,6,9-12,16-18H2,1-5H3. The van der Waals surface area contributed by atoms with Crippen LogP contribution in [0.3, 0.4) is 0 Å². The van der Waals surface area contributed by atoms with Crippen LogP contribution < -0.4 is 14.2 Å². The van der Waals surface area contributed by atoms with E-state index in [2.05, 4.69) is 0 Å². The van der Waals surface area contributed by atoms with Crippen LogP contribution in [-0.4, -0.2) is 80.5 Å². The lowest BCUT2D eigenvalue weighted by Crippen LogP contribution is -2.43. The van der Waals surface area contributed by atoms with Gasteiger partial charge < -0.3 is 28.7 Å². The summed E-state index contributed by atoms with van der Waals surface area (Å²) in [6, 6.07) is 9.12. The van der Waals surface area contributed by atoms with Crippen molar-refractivity contribution >= 4 is 17.5 Å². The van der Waals surface area contributed by atoms with Crippen LogP contribution in [0.2, 0.25) is 0 Å². The molecule has 0 atom stereocenters. The van der Waals surface area contributed by atoms with E-state index in [1.54, 1.807) is 23.0 Å². The van der Waals surface area contributed by atoms with Crippen molar-refractivity contribution in [2.24, 2.45) is 0 Å². The molecule has 9 nitrogen and oxygen atoms in total. The van der Waals surface area contributed by atoms with Gasteiger partial charge in [-0.15, -0.1) is 0 Å². The van der Waals surface area contributed by atoms with Crippen molar-refractivity contribution in [2.75, 3.05) is 53.2 Å². The lowest BCUT2D eigenvalue weighted by molar-refractivity contribution is -0.137. The average molecular weight is 524 g/mol. The van der Waals surface area contributed by atoms with Crippen molar-refractivity contribution in [3.63, 3.8) is 0 Å². The van der Waals surface area contributed by atoms with E-state index in [4.69, 9.17) is 24.4 Å². The number of rotatable bonds is 9. The van der Waals surface area contributed by atoms with Gasteiger partial charge in [0.25, 0.3) is 5.91 Å². The molecular formula is C29H37N3O6. The van der Waals surface area contributed by atoms with E-state index in [9.17, 15) is 9.59 Å². The topological polar surface area (TPSA) is 101 Å². The van der Waals surface area contributed by atoms with Crippen LogP contribution >= 0.6 is 0 Å². The number of benzene rings is 2. The smallest absolute Gasteiger partial charge is 0.260 e. The van der Waals surface area contributed by atoms with Crippen molar-refractivity contribution in [3.8, 4) is 17.2 Å². The minimum Gasteiger partial charge on any atom is -0.494 e. The second-order valence-electron chi connectivity index (χ2n) is 10.5. The lowest BCUT2D eigenvalue weighted by atomic mass is 9.84. The van der Waals surface area contributed by atoms with Crippen molar-refractivity contribution in [3.05, 3.63) is 52.6 Å². The first kappa shape index (κ1) is 27.4. The second kappa shape index (κ2) is 11.4. The van der Waals surface area contributed by atoms with E-state index in [0.717, 1.165) is 22.4 Å². The molecule has 2 aromatic rings. The van der Waals surface area contributed by atoms with E-state index in [1.807, 2.05) is 52.0 Å². The van der Waals surface area contributed by atoms with Gasteiger partial charge in [0.05, 0.1) is 33.5 Å². The van der Waals surface area contributed by atoms with Gasteiger partial charge in [-0.3, -0.25) is 15.0 Å². The molecule has 0 aliphatic carbocycles. The van der Waals surface area contributed by atoms with Gasteiger partial charge in [0, 0.05) is 36.3 Å². The number of Topliss-reactive ketones (excluding diaryl/α,β-unsaturated/α-hetero) is 1. The molecule has 0 bridgehead atoms. The maximum Gasteiger partial charge on any atom is 0.260 e. The molecule has 1 fully saturated rings. The van der Waals surface area contributed by atoms with E-state index in [-0.39, 0.29) is 30.3 Å². The summed E-state index contributed by atoms with van der Waals surface area (Å²) < 4.78 is 22.6. The van der Waals surface area contributed by atoms with Crippen molar-refractivity contribution in [1.82, 2.24) is 9.80 Å². The predicted octanol–water partition coefficient (Wildman–Crippen LogP) is 3.65. The Labute approximate surface area is 224 Å². The second-order valence-corrected chi connectivity index (χ2v) is 10.5. The third-order valence-corrected chi connectivity index (χ3v) is 6.76. The third-order valence-electron chi connectivity index (χ3n) is 6.76. The number of morpholine rings is 1. The summed E-state index contributed by atoms with van der Waals surface area (Å²) in [7, 11) is 1.56. The third kappa shape index (κ3) is 5.93. The number of amidine groups is 1. The van der Waals surface area contributed by atoms with E-state index >= 15 is 0 Å². The first-order chi connectivity index (χ1) is 18.1. The van der Waals surface area contributed by atoms with Crippen LogP contribution in [0.1, 0.15) is 54.7 Å². The highest BCUT2D eigenvalue weighted by Gasteiger charge is 2.29. The van der Waals surface area contributed by atoms with Crippen LogP contribution in [0.4, 0.5) is 0 Å². The summed E-state index contributed by atoms with van der Waals surface area (Å²) in [5.74, 6) is 1.64. The SMILES string of the molecule is CCOc1ccc2c(c1)CN(CC(=O)c1cc(OCC(=O)N3CCOCC3)c(OC)c(C(C)(C)C)c1)C2=N. The van der Waals surface area contributed by atoms with E-state index in [0.29, 0.717) is 62.4 Å². The van der Waals surface area contributed by atoms with Crippen LogP contribution in [-0.2, 0) is 21.5 Å². The van der Waals surface area contributed by atoms with Crippen LogP contribution in [0.5, 0.6) is 17.2 Å². The van der Waals surface area contributed by atoms with Crippen LogP contribution in [0, 0.1) is 5.41 Å². The summed E-state index contributed by atoms with van der Waals surface area (Å²) in [5, 5.41) is 8.61. The molecule has 1 amide bonds. The maximum atomic E-state index is 13.5. The molecule has 9 heteroatoms. The van der Waals surface area contributed by atoms with Crippen molar-refractivity contribution in [2.45, 2.75) is 39.7 Å². The number of hydrogen-bond donors (Lipinski definition) is 1. The zero-order valence-electron chi connectivity index (χ0n) is 22.9. The number of ether oxygens (including phenoxy) is 4. The Morgan fingerprint density at radius 1 is 1.08 bits per heavy atom. The number of fused-ring (bicyclic) bond motifs is 1. The highest BCUT2D eigenvalue weighted by Crippen LogP contribution is 2.40. The van der Waals surface area contributed by atoms with Gasteiger partial charge in [-0.05, 0) is 48.2 Å². The summed E-state index contributed by atoms with van der Waals surface area (Å²) in [5.41, 5.74) is 2.67. The van der Waals surface area contributed by atoms with Gasteiger partial charge in [0.2, 0.25) is 0 Å². The molecule has 4 rings (SSSR count). The van der Waals surface area contributed by atoms with Crippen molar-refractivity contribution < 1.29 is 28.5 Å². The Balaban J connectivity index is 1.56. The molecule has 0 unspecified atom stereocenters. The highest BCUT2D eigenvalue weighted by atomic mass is 16.5. The van der Waals surface area contributed by atoms with Crippen LogP contribution in [0.25, 0.3) is 0 Å². The number of nitrogens with zero attached hydrogens (tertiary/aromatic N) is 2. The normalized spacial score (nSPS) is 15.3. The quantitative estimate of drug-likeness (QED) is 0.501. The molecule has 2 heterocycles. The molecule has 0 radical (unpaired) electrons. The Hall–Kier alpha value is -3.59. The minimum atomic E-state index is -0.347. The fourth-order valence-corrected chi connectivity index (χ4v) is 4.72. The van der Waals surface area contributed by atoms with Crippen molar-refractivity contribution in [1.29, 1.82) is 5.41 Å². The molecular weight excluding hydrogens is 486 g/mol. The number of amides is 1. The number of carbonyl (C=O) groups excluding carboxylic acids is 2. The number of hydrogen-bond acceptors (Lipinski definition) is 7. The largest absolute Gasteiger partial charge is 0.494 e. The Morgan fingerprint density at radius 3 is 2.47 bits per heavy atom.